The summed E-state index contributed by atoms with van der Waals surface area (Å²) < 4.78 is 80.6. The zero-order chi connectivity index (χ0) is 19.1. The summed E-state index contributed by atoms with van der Waals surface area (Å²) in [6.07, 6.45) is 0.137. The second-order valence-electron chi connectivity index (χ2n) is 5.44. The van der Waals surface area contributed by atoms with E-state index in [9.17, 15) is 26.0 Å². The molecule has 1 atom stereocenters. The quantitative estimate of drug-likeness (QED) is 0.645. The predicted molar refractivity (Wildman–Crippen MR) is 83.1 cm³/mol. The van der Waals surface area contributed by atoms with Crippen molar-refractivity contribution >= 4 is 15.7 Å². The number of aromatic nitrogens is 3. The van der Waals surface area contributed by atoms with Crippen molar-refractivity contribution < 1.29 is 26.0 Å². The number of fused-ring (bicyclic) bond motifs is 1. The topological polar surface area (TPSA) is 67.6 Å². The summed E-state index contributed by atoms with van der Waals surface area (Å²) in [5.74, 6) is -0.729. The second-order valence-corrected chi connectivity index (χ2v) is 7.38. The van der Waals surface area contributed by atoms with Crippen LogP contribution in [0.2, 0.25) is 0 Å². The van der Waals surface area contributed by atoms with Gasteiger partial charge in [-0.1, -0.05) is 12.1 Å². The minimum absolute atomic E-state index is 0.172. The summed E-state index contributed by atoms with van der Waals surface area (Å²) in [5.41, 5.74) is -0.0637. The van der Waals surface area contributed by atoms with E-state index in [0.717, 1.165) is 43.7 Å². The highest BCUT2D eigenvalue weighted by molar-refractivity contribution is 7.89. The molecule has 0 aliphatic heterocycles. The van der Waals surface area contributed by atoms with Gasteiger partial charge in [-0.2, -0.15) is 17.5 Å². The van der Waals surface area contributed by atoms with Crippen LogP contribution >= 0.6 is 0 Å². The van der Waals surface area contributed by atoms with Crippen molar-refractivity contribution in [3.8, 4) is 0 Å². The van der Waals surface area contributed by atoms with Crippen LogP contribution in [0, 0.1) is 5.82 Å². The van der Waals surface area contributed by atoms with E-state index in [2.05, 4.69) is 9.97 Å². The van der Waals surface area contributed by atoms with Crippen molar-refractivity contribution in [2.45, 2.75) is 17.2 Å². The predicted octanol–water partition coefficient (Wildman–Crippen LogP) is 2.79. The molecule has 26 heavy (non-hydrogen) atoms. The van der Waals surface area contributed by atoms with E-state index < -0.39 is 38.6 Å². The third kappa shape index (κ3) is 3.27. The van der Waals surface area contributed by atoms with Crippen molar-refractivity contribution in [1.82, 2.24) is 18.7 Å². The average molecular weight is 388 g/mol. The Kier molecular flexibility index (Phi) is 4.44. The highest BCUT2D eigenvalue weighted by atomic mass is 32.2. The van der Waals surface area contributed by atoms with Crippen LogP contribution in [0.25, 0.3) is 5.65 Å². The van der Waals surface area contributed by atoms with E-state index in [4.69, 9.17) is 0 Å². The molecule has 3 aromatic rings. The van der Waals surface area contributed by atoms with Gasteiger partial charge in [0.05, 0.1) is 6.20 Å². The summed E-state index contributed by atoms with van der Waals surface area (Å²) in [6.45, 7) is 0. The lowest BCUT2D eigenvalue weighted by molar-refractivity contribution is -0.171. The number of imidazole rings is 1. The highest BCUT2D eigenvalue weighted by Crippen LogP contribution is 2.39. The maximum atomic E-state index is 13.6. The van der Waals surface area contributed by atoms with Crippen molar-refractivity contribution in [2.24, 2.45) is 0 Å². The summed E-state index contributed by atoms with van der Waals surface area (Å²) >= 11 is 0. The highest BCUT2D eigenvalue weighted by Gasteiger charge is 2.48. The first-order chi connectivity index (χ1) is 12.1. The fourth-order valence-corrected chi connectivity index (χ4v) is 3.72. The summed E-state index contributed by atoms with van der Waals surface area (Å²) in [5, 5.41) is -0.568. The summed E-state index contributed by atoms with van der Waals surface area (Å²) in [4.78, 5) is 7.60. The van der Waals surface area contributed by atoms with E-state index in [1.165, 1.54) is 16.8 Å². The summed E-state index contributed by atoms with van der Waals surface area (Å²) in [7, 11) is -3.79. The van der Waals surface area contributed by atoms with E-state index in [1.54, 1.807) is 0 Å². The van der Waals surface area contributed by atoms with Crippen molar-refractivity contribution in [3.05, 3.63) is 60.4 Å². The van der Waals surface area contributed by atoms with Gasteiger partial charge in [-0.05, 0) is 17.7 Å². The number of benzene rings is 1. The van der Waals surface area contributed by atoms with Gasteiger partial charge in [-0.3, -0.25) is 0 Å². The molecule has 2 heterocycles. The van der Waals surface area contributed by atoms with Gasteiger partial charge in [-0.15, -0.1) is 0 Å². The standard InChI is InChI=1S/C15H12F4N4O2S/c1-22(14(15(17,18)19)10-2-4-11(16)5-3-10)26(24,25)13-9-23-7-6-20-12(23)8-21-13/h2-9,14H,1H3/t14-/m1/s1. The van der Waals surface area contributed by atoms with Crippen LogP contribution < -0.4 is 0 Å². The van der Waals surface area contributed by atoms with Crippen LogP contribution in [0.1, 0.15) is 11.6 Å². The first kappa shape index (κ1) is 18.3. The molecule has 0 spiro atoms. The minimum Gasteiger partial charge on any atom is -0.303 e. The molecule has 0 radical (unpaired) electrons. The molecule has 11 heteroatoms. The van der Waals surface area contributed by atoms with Gasteiger partial charge in [0.1, 0.15) is 11.9 Å². The maximum Gasteiger partial charge on any atom is 0.409 e. The fraction of sp³-hybridized carbons (Fsp3) is 0.200. The zero-order valence-electron chi connectivity index (χ0n) is 13.2. The Morgan fingerprint density at radius 3 is 2.42 bits per heavy atom. The van der Waals surface area contributed by atoms with Gasteiger partial charge in [0.2, 0.25) is 0 Å². The number of alkyl halides is 3. The van der Waals surface area contributed by atoms with Gasteiger partial charge >= 0.3 is 6.18 Å². The molecule has 0 saturated heterocycles. The number of hydrogen-bond donors (Lipinski definition) is 0. The molecule has 0 fully saturated rings. The molecule has 0 unspecified atom stereocenters. The van der Waals surface area contributed by atoms with E-state index >= 15 is 0 Å². The van der Waals surface area contributed by atoms with Crippen molar-refractivity contribution in [2.75, 3.05) is 7.05 Å². The van der Waals surface area contributed by atoms with Crippen LogP contribution in [0.15, 0.2) is 54.1 Å². The molecular formula is C15H12F4N4O2S. The number of rotatable bonds is 4. The molecule has 0 amide bonds. The fourth-order valence-electron chi connectivity index (χ4n) is 2.48. The molecule has 138 valence electrons. The largest absolute Gasteiger partial charge is 0.409 e. The number of hydrogen-bond acceptors (Lipinski definition) is 4. The minimum atomic E-state index is -4.92. The van der Waals surface area contributed by atoms with Crippen LogP contribution in [-0.4, -0.2) is 40.3 Å². The van der Waals surface area contributed by atoms with Crippen molar-refractivity contribution in [1.29, 1.82) is 0 Å². The Balaban J connectivity index is 2.07. The van der Waals surface area contributed by atoms with E-state index in [-0.39, 0.29) is 4.31 Å². The first-order valence-electron chi connectivity index (χ1n) is 7.19. The monoisotopic (exact) mass is 388 g/mol. The Morgan fingerprint density at radius 1 is 1.15 bits per heavy atom. The Hall–Kier alpha value is -2.53. The molecule has 1 aromatic carbocycles. The second kappa shape index (κ2) is 6.32. The Labute approximate surface area is 145 Å². The zero-order valence-corrected chi connectivity index (χ0v) is 14.0. The molecule has 0 aliphatic carbocycles. The molecular weight excluding hydrogens is 376 g/mol. The number of nitrogens with zero attached hydrogens (tertiary/aromatic N) is 4. The molecule has 0 aliphatic rings. The number of sulfonamides is 1. The Morgan fingerprint density at radius 2 is 1.81 bits per heavy atom. The first-order valence-corrected chi connectivity index (χ1v) is 8.63. The van der Waals surface area contributed by atoms with Gasteiger partial charge in [0.25, 0.3) is 10.0 Å². The normalized spacial score (nSPS) is 14.1. The third-order valence-electron chi connectivity index (χ3n) is 3.76. The molecule has 6 nitrogen and oxygen atoms in total. The van der Waals surface area contributed by atoms with Gasteiger partial charge in [-0.25, -0.2) is 22.8 Å². The smallest absolute Gasteiger partial charge is 0.303 e. The van der Waals surface area contributed by atoms with Crippen LogP contribution in [0.4, 0.5) is 17.6 Å². The number of halogens is 4. The van der Waals surface area contributed by atoms with Crippen LogP contribution in [0.3, 0.4) is 0 Å². The third-order valence-corrected chi connectivity index (χ3v) is 5.47. The van der Waals surface area contributed by atoms with Gasteiger partial charge < -0.3 is 4.40 Å². The lowest BCUT2D eigenvalue weighted by atomic mass is 10.1. The van der Waals surface area contributed by atoms with Crippen LogP contribution in [0.5, 0.6) is 0 Å². The Bertz CT molecular complexity index is 1030. The lowest BCUT2D eigenvalue weighted by Crippen LogP contribution is -2.40. The molecule has 3 rings (SSSR count). The SMILES string of the molecule is CN([C@H](c1ccc(F)cc1)C(F)(F)F)S(=O)(=O)c1cn2ccnc2cn1. The lowest BCUT2D eigenvalue weighted by Gasteiger charge is -2.29. The van der Waals surface area contributed by atoms with Crippen molar-refractivity contribution in [3.63, 3.8) is 0 Å². The van der Waals surface area contributed by atoms with Gasteiger partial charge in [0.15, 0.2) is 10.7 Å². The van der Waals surface area contributed by atoms with Crippen LogP contribution in [-0.2, 0) is 10.0 Å². The average Bonchev–Trinajstić information content (AvgIpc) is 3.03. The molecule has 0 bridgehead atoms. The molecule has 2 aromatic heterocycles. The van der Waals surface area contributed by atoms with E-state index in [1.807, 2.05) is 0 Å². The van der Waals surface area contributed by atoms with Gasteiger partial charge in [0, 0.05) is 25.6 Å². The van der Waals surface area contributed by atoms with E-state index in [0.29, 0.717) is 5.65 Å². The maximum absolute atomic E-state index is 13.6. The summed E-state index contributed by atoms with van der Waals surface area (Å²) in [6, 6.07) is 0.973. The molecule has 0 N–H and O–H groups in total. The molecule has 0 saturated carbocycles.